The number of hydrogen-bond donors (Lipinski definition) is 1. The first-order valence-electron chi connectivity index (χ1n) is 6.94. The molecule has 1 aromatic rings. The summed E-state index contributed by atoms with van der Waals surface area (Å²) in [7, 11) is 0. The fourth-order valence-corrected chi connectivity index (χ4v) is 1.72. The molecule has 0 radical (unpaired) electrons. The summed E-state index contributed by atoms with van der Waals surface area (Å²) in [6.07, 6.45) is 3.08. The molecular formula is C14H27N3O. The Morgan fingerprint density at radius 3 is 2.83 bits per heavy atom. The van der Waals surface area contributed by atoms with Gasteiger partial charge in [0.15, 0.2) is 0 Å². The van der Waals surface area contributed by atoms with Crippen LogP contribution in [0.15, 0.2) is 6.20 Å². The van der Waals surface area contributed by atoms with Crippen LogP contribution in [0.5, 0.6) is 0 Å². The lowest BCUT2D eigenvalue weighted by Crippen LogP contribution is -2.13. The molecule has 18 heavy (non-hydrogen) atoms. The van der Waals surface area contributed by atoms with Crippen LogP contribution in [0, 0.1) is 12.8 Å². The molecule has 0 spiro atoms. The van der Waals surface area contributed by atoms with Crippen LogP contribution in [0.25, 0.3) is 0 Å². The average Bonchev–Trinajstić information content (AvgIpc) is 2.67. The van der Waals surface area contributed by atoms with Gasteiger partial charge in [0.05, 0.1) is 19.3 Å². The van der Waals surface area contributed by atoms with Crippen LogP contribution in [-0.2, 0) is 17.8 Å². The second-order valence-corrected chi connectivity index (χ2v) is 5.05. The third-order valence-electron chi connectivity index (χ3n) is 3.06. The maximum atomic E-state index is 5.62. The van der Waals surface area contributed by atoms with Gasteiger partial charge in [-0.3, -0.25) is 4.68 Å². The molecule has 0 bridgehead atoms. The van der Waals surface area contributed by atoms with Crippen molar-refractivity contribution in [2.24, 2.45) is 5.92 Å². The van der Waals surface area contributed by atoms with Gasteiger partial charge in [0.2, 0.25) is 0 Å². The third-order valence-corrected chi connectivity index (χ3v) is 3.06. The number of hydrogen-bond acceptors (Lipinski definition) is 3. The fourth-order valence-electron chi connectivity index (χ4n) is 1.72. The van der Waals surface area contributed by atoms with Crippen LogP contribution in [0.2, 0.25) is 0 Å². The maximum absolute atomic E-state index is 5.62. The van der Waals surface area contributed by atoms with Crippen LogP contribution in [-0.4, -0.2) is 29.5 Å². The molecule has 0 aliphatic carbocycles. The number of rotatable bonds is 9. The van der Waals surface area contributed by atoms with Crippen molar-refractivity contribution in [1.82, 2.24) is 15.1 Å². The summed E-state index contributed by atoms with van der Waals surface area (Å²) < 4.78 is 7.65. The van der Waals surface area contributed by atoms with Gasteiger partial charge in [0.1, 0.15) is 0 Å². The molecule has 0 aliphatic heterocycles. The van der Waals surface area contributed by atoms with Crippen LogP contribution in [0.4, 0.5) is 0 Å². The van der Waals surface area contributed by atoms with E-state index in [1.165, 1.54) is 11.3 Å². The lowest BCUT2D eigenvalue weighted by molar-refractivity contribution is 0.113. The Hall–Kier alpha value is -0.870. The Morgan fingerprint density at radius 2 is 2.17 bits per heavy atom. The van der Waals surface area contributed by atoms with Gasteiger partial charge in [0.25, 0.3) is 0 Å². The summed E-state index contributed by atoms with van der Waals surface area (Å²) in [5.74, 6) is 0.711. The lowest BCUT2D eigenvalue weighted by Gasteiger charge is -2.08. The number of ether oxygens (including phenoxy) is 1. The van der Waals surface area contributed by atoms with Crippen molar-refractivity contribution < 1.29 is 4.74 Å². The van der Waals surface area contributed by atoms with Crippen LogP contribution in [0.1, 0.15) is 38.4 Å². The van der Waals surface area contributed by atoms with Gasteiger partial charge >= 0.3 is 0 Å². The van der Waals surface area contributed by atoms with Crippen molar-refractivity contribution in [2.45, 2.75) is 47.2 Å². The van der Waals surface area contributed by atoms with E-state index >= 15 is 0 Å². The largest absolute Gasteiger partial charge is 0.380 e. The summed E-state index contributed by atoms with van der Waals surface area (Å²) in [5, 5.41) is 7.72. The van der Waals surface area contributed by atoms with E-state index in [2.05, 4.69) is 38.1 Å². The van der Waals surface area contributed by atoms with Gasteiger partial charge in [-0.05, 0) is 25.8 Å². The first-order valence-corrected chi connectivity index (χ1v) is 6.94. The van der Waals surface area contributed by atoms with Gasteiger partial charge in [-0.25, -0.2) is 0 Å². The molecule has 0 aliphatic rings. The summed E-state index contributed by atoms with van der Waals surface area (Å²) in [5.41, 5.74) is 2.52. The van der Waals surface area contributed by atoms with Crippen molar-refractivity contribution in [3.63, 3.8) is 0 Å². The smallest absolute Gasteiger partial charge is 0.0662 e. The van der Waals surface area contributed by atoms with Gasteiger partial charge in [-0.1, -0.05) is 20.8 Å². The highest BCUT2D eigenvalue weighted by Crippen LogP contribution is 2.07. The normalized spacial score (nSPS) is 11.4. The highest BCUT2D eigenvalue weighted by atomic mass is 16.5. The number of nitrogens with zero attached hydrogens (tertiary/aromatic N) is 2. The van der Waals surface area contributed by atoms with Crippen LogP contribution in [0.3, 0.4) is 0 Å². The first kappa shape index (κ1) is 15.2. The summed E-state index contributed by atoms with van der Waals surface area (Å²) >= 11 is 0. The van der Waals surface area contributed by atoms with Crippen molar-refractivity contribution in [1.29, 1.82) is 0 Å². The van der Waals surface area contributed by atoms with Gasteiger partial charge in [0, 0.05) is 24.4 Å². The minimum absolute atomic E-state index is 0.711. The first-order chi connectivity index (χ1) is 8.65. The fraction of sp³-hybridized carbons (Fsp3) is 0.786. The molecule has 104 valence electrons. The molecule has 1 heterocycles. The molecule has 0 unspecified atom stereocenters. The molecule has 0 amide bonds. The predicted molar refractivity (Wildman–Crippen MR) is 74.6 cm³/mol. The Morgan fingerprint density at radius 1 is 1.39 bits per heavy atom. The summed E-state index contributed by atoms with van der Waals surface area (Å²) in [6.45, 7) is 13.0. The van der Waals surface area contributed by atoms with E-state index in [9.17, 15) is 0 Å². The van der Waals surface area contributed by atoms with Gasteiger partial charge < -0.3 is 10.1 Å². The molecule has 0 atom stereocenters. The second-order valence-electron chi connectivity index (χ2n) is 5.05. The second kappa shape index (κ2) is 8.27. The highest BCUT2D eigenvalue weighted by molar-refractivity contribution is 5.15. The average molecular weight is 253 g/mol. The minimum atomic E-state index is 0.711. The molecule has 0 fully saturated rings. The van der Waals surface area contributed by atoms with Gasteiger partial charge in [-0.2, -0.15) is 5.10 Å². The van der Waals surface area contributed by atoms with Gasteiger partial charge in [-0.15, -0.1) is 0 Å². The number of aromatic nitrogens is 2. The third kappa shape index (κ3) is 5.19. The Bertz CT molecular complexity index is 334. The SMILES string of the molecule is CCNCc1cnn(CCOCCC(C)C)c1C. The van der Waals surface area contributed by atoms with Crippen molar-refractivity contribution in [3.05, 3.63) is 17.5 Å². The zero-order chi connectivity index (χ0) is 13.4. The molecule has 0 aromatic carbocycles. The van der Waals surface area contributed by atoms with E-state index in [0.717, 1.165) is 39.3 Å². The quantitative estimate of drug-likeness (QED) is 0.687. The highest BCUT2D eigenvalue weighted by Gasteiger charge is 2.05. The predicted octanol–water partition coefficient (Wildman–Crippen LogP) is 2.36. The Balaban J connectivity index is 2.27. The zero-order valence-corrected chi connectivity index (χ0v) is 12.2. The molecule has 0 saturated heterocycles. The Kier molecular flexibility index (Phi) is 6.98. The van der Waals surface area contributed by atoms with E-state index in [4.69, 9.17) is 4.74 Å². The number of nitrogens with one attached hydrogen (secondary N) is 1. The van der Waals surface area contributed by atoms with Crippen LogP contribution < -0.4 is 5.32 Å². The van der Waals surface area contributed by atoms with E-state index in [1.54, 1.807) is 0 Å². The molecule has 4 nitrogen and oxygen atoms in total. The topological polar surface area (TPSA) is 39.1 Å². The van der Waals surface area contributed by atoms with Crippen molar-refractivity contribution in [3.8, 4) is 0 Å². The monoisotopic (exact) mass is 253 g/mol. The van der Waals surface area contributed by atoms with E-state index in [1.807, 2.05) is 10.9 Å². The molecule has 1 aromatic heterocycles. The Labute approximate surface area is 111 Å². The molecule has 1 N–H and O–H groups in total. The minimum Gasteiger partial charge on any atom is -0.380 e. The molecular weight excluding hydrogens is 226 g/mol. The summed E-state index contributed by atoms with van der Waals surface area (Å²) in [6, 6.07) is 0. The standard InChI is InChI=1S/C14H27N3O/c1-5-15-10-14-11-16-17(13(14)4)7-9-18-8-6-12(2)3/h11-12,15H,5-10H2,1-4H3. The lowest BCUT2D eigenvalue weighted by atomic mass is 10.1. The molecule has 4 heteroatoms. The van der Waals surface area contributed by atoms with Crippen molar-refractivity contribution in [2.75, 3.05) is 19.8 Å². The van der Waals surface area contributed by atoms with E-state index in [0.29, 0.717) is 5.92 Å². The maximum Gasteiger partial charge on any atom is 0.0662 e. The van der Waals surface area contributed by atoms with Crippen molar-refractivity contribution >= 4 is 0 Å². The van der Waals surface area contributed by atoms with E-state index in [-0.39, 0.29) is 0 Å². The van der Waals surface area contributed by atoms with Crippen LogP contribution >= 0.6 is 0 Å². The van der Waals surface area contributed by atoms with E-state index < -0.39 is 0 Å². The summed E-state index contributed by atoms with van der Waals surface area (Å²) in [4.78, 5) is 0. The molecule has 1 rings (SSSR count). The zero-order valence-electron chi connectivity index (χ0n) is 12.2. The molecule has 0 saturated carbocycles.